The third-order valence-corrected chi connectivity index (χ3v) is 7.46. The monoisotopic (exact) mass is 478 g/mol. The van der Waals surface area contributed by atoms with E-state index in [0.29, 0.717) is 13.1 Å². The Hall–Kier alpha value is -3.39. The number of aliphatic carboxylic acids is 1. The fraction of sp³-hybridized carbons (Fsp3) is 0.444. The Kier molecular flexibility index (Phi) is 6.01. The van der Waals surface area contributed by atoms with Crippen LogP contribution < -0.4 is 5.32 Å². The van der Waals surface area contributed by atoms with E-state index >= 15 is 0 Å². The van der Waals surface area contributed by atoms with Crippen LogP contribution in [-0.4, -0.2) is 65.4 Å². The number of rotatable bonds is 8. The first-order chi connectivity index (χ1) is 16.8. The van der Waals surface area contributed by atoms with Crippen LogP contribution >= 0.6 is 0 Å². The molecule has 8 heteroatoms. The van der Waals surface area contributed by atoms with Crippen molar-refractivity contribution in [2.24, 2.45) is 0 Å². The lowest BCUT2D eigenvalue weighted by Crippen LogP contribution is -2.65. The summed E-state index contributed by atoms with van der Waals surface area (Å²) >= 11 is 0. The van der Waals surface area contributed by atoms with Crippen molar-refractivity contribution in [1.82, 2.24) is 10.2 Å². The van der Waals surface area contributed by atoms with Gasteiger partial charge in [0.05, 0.1) is 25.0 Å². The van der Waals surface area contributed by atoms with Crippen molar-refractivity contribution in [3.05, 3.63) is 59.7 Å². The summed E-state index contributed by atoms with van der Waals surface area (Å²) in [4.78, 5) is 38.0. The number of nitrogens with one attached hydrogen (secondary N) is 1. The normalized spacial score (nSPS) is 19.1. The minimum absolute atomic E-state index is 0.0170. The molecule has 3 aliphatic rings. The first-order valence-electron chi connectivity index (χ1n) is 12.0. The molecule has 2 aromatic carbocycles. The van der Waals surface area contributed by atoms with Crippen LogP contribution in [0.3, 0.4) is 0 Å². The van der Waals surface area contributed by atoms with E-state index in [0.717, 1.165) is 30.4 Å². The first kappa shape index (κ1) is 23.4. The maximum atomic E-state index is 12.8. The predicted octanol–water partition coefficient (Wildman–Crippen LogP) is 3.54. The molecule has 2 aliphatic carbocycles. The number of carbonyl (C=O) groups is 3. The van der Waals surface area contributed by atoms with Crippen LogP contribution in [0.15, 0.2) is 48.5 Å². The SMILES string of the molecule is CC1(OCC(=O)O)CN(C(=O)CC2(NC(=O)OCC3c4ccccc4-c4ccccc43)CCC2)C1. The van der Waals surface area contributed by atoms with Crippen molar-refractivity contribution >= 4 is 18.0 Å². The van der Waals surface area contributed by atoms with E-state index in [-0.39, 0.29) is 31.5 Å². The molecule has 35 heavy (non-hydrogen) atoms. The summed E-state index contributed by atoms with van der Waals surface area (Å²) in [5.74, 6) is -1.12. The second-order valence-corrected chi connectivity index (χ2v) is 10.1. The molecule has 1 saturated carbocycles. The molecule has 184 valence electrons. The van der Waals surface area contributed by atoms with Crippen LogP contribution in [0.1, 0.15) is 49.7 Å². The molecule has 2 aromatic rings. The Morgan fingerprint density at radius 1 is 1.03 bits per heavy atom. The molecule has 2 fully saturated rings. The molecule has 0 unspecified atom stereocenters. The zero-order valence-electron chi connectivity index (χ0n) is 19.8. The van der Waals surface area contributed by atoms with Crippen molar-refractivity contribution < 1.29 is 29.0 Å². The van der Waals surface area contributed by atoms with Gasteiger partial charge in [0, 0.05) is 5.92 Å². The third kappa shape index (κ3) is 4.62. The second-order valence-electron chi connectivity index (χ2n) is 10.1. The average Bonchev–Trinajstić information content (AvgIpc) is 3.12. The molecule has 0 spiro atoms. The molecule has 0 atom stereocenters. The summed E-state index contributed by atoms with van der Waals surface area (Å²) < 4.78 is 11.1. The lowest BCUT2D eigenvalue weighted by molar-refractivity contribution is -0.174. The zero-order valence-corrected chi connectivity index (χ0v) is 19.8. The smallest absolute Gasteiger partial charge is 0.407 e. The maximum Gasteiger partial charge on any atom is 0.407 e. The number of carbonyl (C=O) groups excluding carboxylic acids is 2. The van der Waals surface area contributed by atoms with Gasteiger partial charge >= 0.3 is 12.1 Å². The lowest BCUT2D eigenvalue weighted by atomic mass is 9.74. The van der Waals surface area contributed by atoms with E-state index in [1.807, 2.05) is 24.3 Å². The molecule has 0 radical (unpaired) electrons. The van der Waals surface area contributed by atoms with E-state index in [2.05, 4.69) is 29.6 Å². The van der Waals surface area contributed by atoms with E-state index in [1.165, 1.54) is 11.1 Å². The number of amides is 2. The summed E-state index contributed by atoms with van der Waals surface area (Å²) in [6.45, 7) is 2.34. The first-order valence-corrected chi connectivity index (χ1v) is 12.0. The Bertz CT molecular complexity index is 1110. The Balaban J connectivity index is 1.16. The van der Waals surface area contributed by atoms with Crippen molar-refractivity contribution in [3.63, 3.8) is 0 Å². The van der Waals surface area contributed by atoms with E-state index in [9.17, 15) is 14.4 Å². The van der Waals surface area contributed by atoms with Gasteiger partial charge in [-0.2, -0.15) is 0 Å². The van der Waals surface area contributed by atoms with Crippen LogP contribution in [0.5, 0.6) is 0 Å². The standard InChI is InChI=1S/C27H30N2O6/c1-26(35-15-24(31)32)16-29(17-26)23(30)13-27(11-6-12-27)28-25(33)34-14-22-20-9-4-2-7-18(20)19-8-3-5-10-21(19)22/h2-5,7-10,22H,6,11-17H2,1H3,(H,28,33)(H,31,32). The second kappa shape index (κ2) is 9.00. The predicted molar refractivity (Wildman–Crippen MR) is 128 cm³/mol. The quantitative estimate of drug-likeness (QED) is 0.601. The highest BCUT2D eigenvalue weighted by Crippen LogP contribution is 2.44. The Morgan fingerprint density at radius 3 is 2.17 bits per heavy atom. The van der Waals surface area contributed by atoms with Crippen molar-refractivity contribution in [1.29, 1.82) is 0 Å². The highest BCUT2D eigenvalue weighted by Gasteiger charge is 2.47. The van der Waals surface area contributed by atoms with Gasteiger partial charge in [0.2, 0.25) is 5.91 Å². The third-order valence-electron chi connectivity index (χ3n) is 7.46. The fourth-order valence-corrected chi connectivity index (χ4v) is 5.47. The number of likely N-dealkylation sites (tertiary alicyclic amines) is 1. The number of fused-ring (bicyclic) bond motifs is 3. The summed E-state index contributed by atoms with van der Waals surface area (Å²) in [5.41, 5.74) is 3.43. The van der Waals surface area contributed by atoms with Crippen LogP contribution in [0.25, 0.3) is 11.1 Å². The van der Waals surface area contributed by atoms with Crippen molar-refractivity contribution in [2.45, 2.75) is 49.7 Å². The van der Waals surface area contributed by atoms with Gasteiger partial charge in [0.25, 0.3) is 0 Å². The summed E-state index contributed by atoms with van der Waals surface area (Å²) in [7, 11) is 0. The molecule has 1 aliphatic heterocycles. The minimum atomic E-state index is -1.03. The number of ether oxygens (including phenoxy) is 2. The highest BCUT2D eigenvalue weighted by atomic mass is 16.5. The van der Waals surface area contributed by atoms with Crippen LogP contribution in [0.4, 0.5) is 4.79 Å². The van der Waals surface area contributed by atoms with Crippen LogP contribution in [-0.2, 0) is 19.1 Å². The molecule has 0 bridgehead atoms. The largest absolute Gasteiger partial charge is 0.480 e. The number of carboxylic acids is 1. The maximum absolute atomic E-state index is 12.8. The van der Waals surface area contributed by atoms with E-state index in [4.69, 9.17) is 14.6 Å². The van der Waals surface area contributed by atoms with E-state index in [1.54, 1.807) is 11.8 Å². The van der Waals surface area contributed by atoms with Gasteiger partial charge in [-0.05, 0) is 48.4 Å². The zero-order chi connectivity index (χ0) is 24.6. The summed E-state index contributed by atoms with van der Waals surface area (Å²) in [6, 6.07) is 16.4. The lowest BCUT2D eigenvalue weighted by Gasteiger charge is -2.49. The number of carboxylic acid groups (broad SMARTS) is 1. The molecule has 2 N–H and O–H groups in total. The number of alkyl carbamates (subject to hydrolysis) is 1. The van der Waals surface area contributed by atoms with Gasteiger partial charge in [-0.1, -0.05) is 48.5 Å². The summed E-state index contributed by atoms with van der Waals surface area (Å²) in [5, 5.41) is 11.8. The number of hydrogen-bond acceptors (Lipinski definition) is 5. The molecule has 0 aromatic heterocycles. The topological polar surface area (TPSA) is 105 Å². The van der Waals surface area contributed by atoms with Crippen LogP contribution in [0, 0.1) is 0 Å². The van der Waals surface area contributed by atoms with Gasteiger partial charge in [0.15, 0.2) is 0 Å². The van der Waals surface area contributed by atoms with Crippen LogP contribution in [0.2, 0.25) is 0 Å². The van der Waals surface area contributed by atoms with Gasteiger partial charge in [-0.15, -0.1) is 0 Å². The van der Waals surface area contributed by atoms with E-state index < -0.39 is 23.2 Å². The molecular weight excluding hydrogens is 448 g/mol. The highest BCUT2D eigenvalue weighted by molar-refractivity contribution is 5.81. The van der Waals surface area contributed by atoms with Gasteiger partial charge in [-0.3, -0.25) is 4.79 Å². The van der Waals surface area contributed by atoms with Gasteiger partial charge in [0.1, 0.15) is 18.8 Å². The number of benzene rings is 2. The fourth-order valence-electron chi connectivity index (χ4n) is 5.47. The molecule has 5 rings (SSSR count). The molecule has 2 amide bonds. The Labute approximate surface area is 204 Å². The Morgan fingerprint density at radius 2 is 1.63 bits per heavy atom. The van der Waals surface area contributed by atoms with Crippen molar-refractivity contribution in [2.75, 3.05) is 26.3 Å². The average molecular weight is 479 g/mol. The van der Waals surface area contributed by atoms with Gasteiger partial charge < -0.3 is 24.8 Å². The number of nitrogens with zero attached hydrogens (tertiary/aromatic N) is 1. The molecule has 8 nitrogen and oxygen atoms in total. The molecular formula is C27H30N2O6. The minimum Gasteiger partial charge on any atom is -0.480 e. The van der Waals surface area contributed by atoms with Gasteiger partial charge in [-0.25, -0.2) is 9.59 Å². The van der Waals surface area contributed by atoms with Crippen molar-refractivity contribution in [3.8, 4) is 11.1 Å². The number of hydrogen-bond donors (Lipinski definition) is 2. The molecule has 1 heterocycles. The molecule has 1 saturated heterocycles. The summed E-state index contributed by atoms with van der Waals surface area (Å²) in [6.07, 6.45) is 2.09.